The monoisotopic (exact) mass is 523 g/mol. The predicted molar refractivity (Wildman–Crippen MR) is 141 cm³/mol. The summed E-state index contributed by atoms with van der Waals surface area (Å²) in [4.78, 5) is 37.7. The van der Waals surface area contributed by atoms with Gasteiger partial charge in [-0.15, -0.1) is 0 Å². The Morgan fingerprint density at radius 1 is 1.08 bits per heavy atom. The molecule has 12 heteroatoms. The molecule has 0 spiro atoms. The van der Waals surface area contributed by atoms with Crippen molar-refractivity contribution in [2.24, 2.45) is 0 Å². The maximum absolute atomic E-state index is 12.3. The summed E-state index contributed by atoms with van der Waals surface area (Å²) in [6, 6.07) is 7.43. The SMILES string of the molecule is CCCOC(=O)N1CCC(n2ncc3c(N4CCOCC4)nc(-c4ccc(NC(=O)OC)cc4)nc32)CC1. The first kappa shape index (κ1) is 25.7. The average Bonchev–Trinajstić information content (AvgIpc) is 3.40. The Balaban J connectivity index is 1.45. The number of likely N-dealkylation sites (tertiary alicyclic amines) is 1. The molecule has 3 aromatic rings. The molecule has 1 aromatic carbocycles. The molecule has 0 radical (unpaired) electrons. The van der Waals surface area contributed by atoms with Gasteiger partial charge >= 0.3 is 12.2 Å². The van der Waals surface area contributed by atoms with Crippen LogP contribution >= 0.6 is 0 Å². The van der Waals surface area contributed by atoms with Gasteiger partial charge in [0.1, 0.15) is 5.82 Å². The molecule has 4 heterocycles. The lowest BCUT2D eigenvalue weighted by Gasteiger charge is -2.31. The Bertz CT molecular complexity index is 1260. The number of amides is 2. The highest BCUT2D eigenvalue weighted by Gasteiger charge is 2.28. The fraction of sp³-hybridized carbons (Fsp3) is 0.500. The topological polar surface area (TPSA) is 124 Å². The van der Waals surface area contributed by atoms with E-state index in [2.05, 4.69) is 15.0 Å². The number of benzene rings is 1. The summed E-state index contributed by atoms with van der Waals surface area (Å²) in [5, 5.41) is 8.30. The van der Waals surface area contributed by atoms with Crippen molar-refractivity contribution in [3.8, 4) is 11.4 Å². The number of methoxy groups -OCH3 is 1. The van der Waals surface area contributed by atoms with Crippen LogP contribution in [-0.4, -0.2) is 89.9 Å². The number of fused-ring (bicyclic) bond motifs is 1. The van der Waals surface area contributed by atoms with Crippen LogP contribution < -0.4 is 10.2 Å². The summed E-state index contributed by atoms with van der Waals surface area (Å²) in [6.45, 7) is 6.37. The summed E-state index contributed by atoms with van der Waals surface area (Å²) in [5.74, 6) is 1.41. The Morgan fingerprint density at radius 2 is 1.82 bits per heavy atom. The molecule has 0 bridgehead atoms. The fourth-order valence-electron chi connectivity index (χ4n) is 4.77. The van der Waals surface area contributed by atoms with Gasteiger partial charge in [0, 0.05) is 37.4 Å². The first-order valence-corrected chi connectivity index (χ1v) is 13.0. The van der Waals surface area contributed by atoms with Crippen LogP contribution in [0.2, 0.25) is 0 Å². The van der Waals surface area contributed by atoms with E-state index < -0.39 is 6.09 Å². The molecule has 202 valence electrons. The van der Waals surface area contributed by atoms with Crippen LogP contribution in [0.3, 0.4) is 0 Å². The van der Waals surface area contributed by atoms with E-state index in [1.165, 1.54) is 7.11 Å². The molecule has 0 saturated carbocycles. The number of morpholine rings is 1. The van der Waals surface area contributed by atoms with Crippen molar-refractivity contribution in [1.29, 1.82) is 0 Å². The number of hydrogen-bond donors (Lipinski definition) is 1. The summed E-state index contributed by atoms with van der Waals surface area (Å²) in [5.41, 5.74) is 2.20. The van der Waals surface area contributed by atoms with Crippen molar-refractivity contribution >= 4 is 34.7 Å². The highest BCUT2D eigenvalue weighted by Crippen LogP contribution is 2.32. The van der Waals surface area contributed by atoms with Crippen LogP contribution in [0, 0.1) is 0 Å². The molecular formula is C26H33N7O5. The van der Waals surface area contributed by atoms with Gasteiger partial charge < -0.3 is 24.0 Å². The highest BCUT2D eigenvalue weighted by molar-refractivity contribution is 5.89. The zero-order valence-electron chi connectivity index (χ0n) is 21.8. The number of carbonyl (C=O) groups excluding carboxylic acids is 2. The van der Waals surface area contributed by atoms with E-state index in [4.69, 9.17) is 24.5 Å². The van der Waals surface area contributed by atoms with E-state index in [0.717, 1.165) is 54.8 Å². The molecular weight excluding hydrogens is 490 g/mol. The van der Waals surface area contributed by atoms with E-state index in [1.807, 2.05) is 29.9 Å². The third-order valence-electron chi connectivity index (χ3n) is 6.82. The molecule has 2 fully saturated rings. The summed E-state index contributed by atoms with van der Waals surface area (Å²) < 4.78 is 17.5. The molecule has 0 aliphatic carbocycles. The minimum absolute atomic E-state index is 0.106. The van der Waals surface area contributed by atoms with Crippen LogP contribution in [0.1, 0.15) is 32.2 Å². The van der Waals surface area contributed by atoms with Crippen molar-refractivity contribution < 1.29 is 23.8 Å². The molecule has 2 saturated heterocycles. The second-order valence-corrected chi connectivity index (χ2v) is 9.32. The number of nitrogens with one attached hydrogen (secondary N) is 1. The lowest BCUT2D eigenvalue weighted by atomic mass is 10.1. The van der Waals surface area contributed by atoms with Crippen LogP contribution in [0.15, 0.2) is 30.5 Å². The molecule has 2 amide bonds. The highest BCUT2D eigenvalue weighted by atomic mass is 16.6. The maximum Gasteiger partial charge on any atom is 0.411 e. The lowest BCUT2D eigenvalue weighted by molar-refractivity contribution is 0.0879. The second kappa shape index (κ2) is 11.6. The van der Waals surface area contributed by atoms with Crippen LogP contribution in [0.5, 0.6) is 0 Å². The Morgan fingerprint density at radius 3 is 2.50 bits per heavy atom. The largest absolute Gasteiger partial charge is 0.453 e. The van der Waals surface area contributed by atoms with Crippen molar-refractivity contribution in [2.45, 2.75) is 32.2 Å². The molecule has 12 nitrogen and oxygen atoms in total. The zero-order valence-corrected chi connectivity index (χ0v) is 21.8. The van der Waals surface area contributed by atoms with Gasteiger partial charge in [0.2, 0.25) is 0 Å². The van der Waals surface area contributed by atoms with Gasteiger partial charge in [0.15, 0.2) is 11.5 Å². The first-order chi connectivity index (χ1) is 18.6. The molecule has 5 rings (SSSR count). The van der Waals surface area contributed by atoms with Crippen LogP contribution in [-0.2, 0) is 14.2 Å². The van der Waals surface area contributed by atoms with E-state index in [1.54, 1.807) is 17.0 Å². The quantitative estimate of drug-likeness (QED) is 0.515. The lowest BCUT2D eigenvalue weighted by Crippen LogP contribution is -2.39. The van der Waals surface area contributed by atoms with Gasteiger partial charge in [-0.3, -0.25) is 5.32 Å². The van der Waals surface area contributed by atoms with Crippen LogP contribution in [0.25, 0.3) is 22.4 Å². The van der Waals surface area contributed by atoms with E-state index in [9.17, 15) is 9.59 Å². The minimum atomic E-state index is -0.529. The van der Waals surface area contributed by atoms with E-state index in [-0.39, 0.29) is 12.1 Å². The molecule has 1 N–H and O–H groups in total. The van der Waals surface area contributed by atoms with Gasteiger partial charge in [0.25, 0.3) is 0 Å². The average molecular weight is 524 g/mol. The summed E-state index contributed by atoms with van der Waals surface area (Å²) >= 11 is 0. The number of piperidine rings is 1. The van der Waals surface area contributed by atoms with Crippen molar-refractivity contribution in [3.05, 3.63) is 30.5 Å². The van der Waals surface area contributed by atoms with Crippen molar-refractivity contribution in [1.82, 2.24) is 24.6 Å². The van der Waals surface area contributed by atoms with Gasteiger partial charge in [-0.2, -0.15) is 5.10 Å². The van der Waals surface area contributed by atoms with Gasteiger partial charge in [-0.05, 0) is 43.5 Å². The minimum Gasteiger partial charge on any atom is -0.453 e. The zero-order chi connectivity index (χ0) is 26.5. The number of anilines is 2. The number of hydrogen-bond acceptors (Lipinski definition) is 9. The Hall–Kier alpha value is -3.93. The number of nitrogens with zero attached hydrogens (tertiary/aromatic N) is 6. The maximum atomic E-state index is 12.3. The standard InChI is InChI=1S/C26H33N7O5/c1-3-14-38-26(35)32-10-8-20(9-11-32)33-24-21(17-27-33)23(31-12-15-37-16-13-31)29-22(30-24)18-4-6-19(7-5-18)28-25(34)36-2/h4-7,17,20H,3,8-16H2,1-2H3,(H,28,34). The molecule has 2 aliphatic rings. The predicted octanol–water partition coefficient (Wildman–Crippen LogP) is 3.69. The van der Waals surface area contributed by atoms with Crippen molar-refractivity contribution in [2.75, 3.05) is 63.3 Å². The smallest absolute Gasteiger partial charge is 0.411 e. The normalized spacial score (nSPS) is 16.5. The molecule has 38 heavy (non-hydrogen) atoms. The van der Waals surface area contributed by atoms with E-state index in [0.29, 0.717) is 44.4 Å². The molecule has 2 aliphatic heterocycles. The summed E-state index contributed by atoms with van der Waals surface area (Å²) in [6.07, 6.45) is 3.39. The second-order valence-electron chi connectivity index (χ2n) is 9.32. The molecule has 0 atom stereocenters. The Kier molecular flexibility index (Phi) is 7.87. The van der Waals surface area contributed by atoms with Gasteiger partial charge in [-0.1, -0.05) is 6.92 Å². The fourth-order valence-corrected chi connectivity index (χ4v) is 4.77. The Labute approximate surface area is 220 Å². The van der Waals surface area contributed by atoms with Crippen molar-refractivity contribution in [3.63, 3.8) is 0 Å². The first-order valence-electron chi connectivity index (χ1n) is 13.0. The number of aromatic nitrogens is 4. The number of carbonyl (C=O) groups is 2. The number of ether oxygens (including phenoxy) is 3. The summed E-state index contributed by atoms with van der Waals surface area (Å²) in [7, 11) is 1.32. The van der Waals surface area contributed by atoms with Gasteiger partial charge in [-0.25, -0.2) is 24.2 Å². The molecule has 0 unspecified atom stereocenters. The van der Waals surface area contributed by atoms with E-state index >= 15 is 0 Å². The third-order valence-corrected chi connectivity index (χ3v) is 6.82. The van der Waals surface area contributed by atoms with Crippen LogP contribution in [0.4, 0.5) is 21.1 Å². The van der Waals surface area contributed by atoms with Gasteiger partial charge in [0.05, 0.1) is 44.6 Å². The third kappa shape index (κ3) is 5.49. The molecule has 2 aromatic heterocycles. The number of rotatable bonds is 6.